The standard InChI is InChI=1S/C25H30N4O4.C21H24N4O/c1-17-9-10-19-21(14-17)27-23(20-7-3-4-8-22(20)30)28-24(19)29-11-5-6-18(16-29)15-26-25(31)33-13-12-32-2;1-14-8-9-16-18(11-14)23-20(17-6-2-3-7-19(17)26)24-21(16)25-10-4-5-15(12-22)13-25/h3-4,7-10,14,18,30H,5-6,11-13,15-16H2,1-2H3,(H,26,31);2-3,6-9,11,15,26H,4-5,10,12-13,22H2,1H3/t18-;15-/m00/s1. The lowest BCUT2D eigenvalue weighted by molar-refractivity contribution is 0.0976. The predicted octanol–water partition coefficient (Wildman–Crippen LogP) is 7.39. The van der Waals surface area contributed by atoms with Gasteiger partial charge in [-0.15, -0.1) is 0 Å². The number of ether oxygens (including phenoxy) is 2. The maximum absolute atomic E-state index is 11.9. The number of alkyl carbamates (subject to hydrolysis) is 1. The van der Waals surface area contributed by atoms with E-state index in [2.05, 4.69) is 52.4 Å². The summed E-state index contributed by atoms with van der Waals surface area (Å²) < 4.78 is 10.00. The smallest absolute Gasteiger partial charge is 0.407 e. The van der Waals surface area contributed by atoms with Crippen molar-refractivity contribution in [1.29, 1.82) is 0 Å². The van der Waals surface area contributed by atoms with Crippen LogP contribution in [0.25, 0.3) is 44.6 Å². The van der Waals surface area contributed by atoms with Gasteiger partial charge in [-0.1, -0.05) is 36.4 Å². The SMILES string of the molecule is COCCOC(=O)NC[C@@H]1CCCN(c2nc(-c3ccccc3O)nc3cc(C)ccc23)C1.Cc1ccc2c(N3CCC[C@@H](CN)C3)nc(-c3ccccc3O)nc2c1. The second kappa shape index (κ2) is 19.1. The van der Waals surface area contributed by atoms with Crippen molar-refractivity contribution >= 4 is 39.5 Å². The van der Waals surface area contributed by atoms with E-state index in [0.717, 1.165) is 90.0 Å². The molecule has 5 N–H and O–H groups in total. The molecule has 2 aliphatic rings. The van der Waals surface area contributed by atoms with Crippen molar-refractivity contribution in [3.63, 3.8) is 0 Å². The number of nitrogens with one attached hydrogen (secondary N) is 1. The fraction of sp³-hybridized carbons (Fsp3) is 0.370. The first-order chi connectivity index (χ1) is 28.7. The van der Waals surface area contributed by atoms with Crippen LogP contribution < -0.4 is 20.9 Å². The number of benzene rings is 4. The number of aryl methyl sites for hydroxylation is 2. The van der Waals surface area contributed by atoms with Crippen molar-refractivity contribution in [2.24, 2.45) is 17.6 Å². The zero-order chi connectivity index (χ0) is 41.3. The molecule has 0 saturated carbocycles. The Morgan fingerprint density at radius 2 is 1.24 bits per heavy atom. The van der Waals surface area contributed by atoms with E-state index in [-0.39, 0.29) is 24.0 Å². The molecule has 2 fully saturated rings. The number of methoxy groups -OCH3 is 1. The molecule has 4 aromatic carbocycles. The first-order valence-corrected chi connectivity index (χ1v) is 20.4. The zero-order valence-corrected chi connectivity index (χ0v) is 34.1. The number of carbonyl (C=O) groups excluding carboxylic acids is 1. The summed E-state index contributed by atoms with van der Waals surface area (Å²) in [5.41, 5.74) is 11.2. The lowest BCUT2D eigenvalue weighted by atomic mass is 9.97. The van der Waals surface area contributed by atoms with Crippen molar-refractivity contribution < 1.29 is 24.5 Å². The second-order valence-corrected chi connectivity index (χ2v) is 15.5. The fourth-order valence-electron chi connectivity index (χ4n) is 7.86. The molecule has 2 aliphatic heterocycles. The highest BCUT2D eigenvalue weighted by atomic mass is 16.6. The summed E-state index contributed by atoms with van der Waals surface area (Å²) in [6, 6.07) is 26.8. The van der Waals surface area contributed by atoms with Crippen LogP contribution in [0.4, 0.5) is 16.4 Å². The quantitative estimate of drug-likeness (QED) is 0.102. The number of aromatic nitrogens is 4. The van der Waals surface area contributed by atoms with E-state index < -0.39 is 6.09 Å². The van der Waals surface area contributed by atoms with E-state index in [1.54, 1.807) is 31.4 Å². The topological polar surface area (TPSA) is 172 Å². The van der Waals surface area contributed by atoms with E-state index in [4.69, 9.17) is 35.1 Å². The van der Waals surface area contributed by atoms with E-state index in [9.17, 15) is 15.0 Å². The molecule has 8 rings (SSSR count). The van der Waals surface area contributed by atoms with Crippen LogP contribution in [0.5, 0.6) is 11.5 Å². The summed E-state index contributed by atoms with van der Waals surface area (Å²) in [4.78, 5) is 35.7. The number of piperidine rings is 2. The van der Waals surface area contributed by atoms with Gasteiger partial charge in [-0.25, -0.2) is 24.7 Å². The number of amides is 1. The normalized spacial score (nSPS) is 16.7. The number of anilines is 2. The van der Waals surface area contributed by atoms with Gasteiger partial charge in [0, 0.05) is 50.6 Å². The van der Waals surface area contributed by atoms with Gasteiger partial charge in [-0.3, -0.25) is 0 Å². The summed E-state index contributed by atoms with van der Waals surface area (Å²) in [5, 5.41) is 25.5. The Morgan fingerprint density at radius 3 is 1.75 bits per heavy atom. The van der Waals surface area contributed by atoms with Crippen molar-refractivity contribution in [1.82, 2.24) is 25.3 Å². The van der Waals surface area contributed by atoms with Crippen molar-refractivity contribution in [3.8, 4) is 34.3 Å². The van der Waals surface area contributed by atoms with Crippen LogP contribution in [0.3, 0.4) is 0 Å². The van der Waals surface area contributed by atoms with Gasteiger partial charge in [0.05, 0.1) is 28.8 Å². The third kappa shape index (κ3) is 9.98. The first kappa shape index (κ1) is 41.1. The summed E-state index contributed by atoms with van der Waals surface area (Å²) in [6.45, 7) is 9.47. The van der Waals surface area contributed by atoms with Gasteiger partial charge in [-0.2, -0.15) is 0 Å². The van der Waals surface area contributed by atoms with E-state index in [0.29, 0.717) is 48.4 Å². The molecule has 2 saturated heterocycles. The highest BCUT2D eigenvalue weighted by Gasteiger charge is 2.26. The molecule has 13 nitrogen and oxygen atoms in total. The zero-order valence-electron chi connectivity index (χ0n) is 34.1. The molecule has 0 bridgehead atoms. The number of aromatic hydroxyl groups is 2. The van der Waals surface area contributed by atoms with Crippen molar-refractivity contribution in [2.45, 2.75) is 39.5 Å². The second-order valence-electron chi connectivity index (χ2n) is 15.5. The number of phenols is 2. The Hall–Kier alpha value is -6.05. The molecule has 4 heterocycles. The number of hydrogen-bond donors (Lipinski definition) is 4. The first-order valence-electron chi connectivity index (χ1n) is 20.4. The van der Waals surface area contributed by atoms with Crippen molar-refractivity contribution in [3.05, 3.63) is 96.1 Å². The van der Waals surface area contributed by atoms with Gasteiger partial charge in [-0.05, 0) is 118 Å². The molecule has 308 valence electrons. The van der Waals surface area contributed by atoms with Crippen LogP contribution in [0, 0.1) is 25.7 Å². The number of nitrogens with two attached hydrogens (primary N) is 1. The molecule has 0 unspecified atom stereocenters. The summed E-state index contributed by atoms with van der Waals surface area (Å²) in [6.07, 6.45) is 3.87. The van der Waals surface area contributed by atoms with Crippen LogP contribution >= 0.6 is 0 Å². The lowest BCUT2D eigenvalue weighted by Gasteiger charge is -2.34. The molecule has 0 aliphatic carbocycles. The van der Waals surface area contributed by atoms with Crippen molar-refractivity contribution in [2.75, 3.05) is 69.4 Å². The molecule has 2 atom stereocenters. The molecule has 1 amide bonds. The Kier molecular flexibility index (Phi) is 13.3. The minimum Gasteiger partial charge on any atom is -0.507 e. The Labute approximate surface area is 345 Å². The van der Waals surface area contributed by atoms with Gasteiger partial charge >= 0.3 is 6.09 Å². The van der Waals surface area contributed by atoms with Gasteiger partial charge < -0.3 is 40.5 Å². The Bertz CT molecular complexity index is 2390. The van der Waals surface area contributed by atoms with Crippen LogP contribution in [0.1, 0.15) is 36.8 Å². The predicted molar refractivity (Wildman–Crippen MR) is 233 cm³/mol. The number of para-hydroxylation sites is 2. The van der Waals surface area contributed by atoms with Crippen LogP contribution in [-0.2, 0) is 9.47 Å². The maximum Gasteiger partial charge on any atom is 0.407 e. The monoisotopic (exact) mass is 798 g/mol. The third-order valence-corrected chi connectivity index (χ3v) is 11.0. The fourth-order valence-corrected chi connectivity index (χ4v) is 7.86. The maximum atomic E-state index is 11.9. The minimum absolute atomic E-state index is 0.156. The van der Waals surface area contributed by atoms with E-state index in [1.807, 2.05) is 37.3 Å². The molecular formula is C46H54N8O5. The third-order valence-electron chi connectivity index (χ3n) is 11.0. The van der Waals surface area contributed by atoms with Crippen LogP contribution in [0.15, 0.2) is 84.9 Å². The summed E-state index contributed by atoms with van der Waals surface area (Å²) in [5.74, 6) is 3.98. The Balaban J connectivity index is 0.000000184. The molecular weight excluding hydrogens is 745 g/mol. The van der Waals surface area contributed by atoms with Gasteiger partial charge in [0.25, 0.3) is 0 Å². The average Bonchev–Trinajstić information content (AvgIpc) is 3.25. The largest absolute Gasteiger partial charge is 0.507 e. The number of hydrogen-bond acceptors (Lipinski definition) is 12. The van der Waals surface area contributed by atoms with Gasteiger partial charge in [0.1, 0.15) is 29.7 Å². The lowest BCUT2D eigenvalue weighted by Crippen LogP contribution is -2.41. The van der Waals surface area contributed by atoms with E-state index in [1.165, 1.54) is 6.42 Å². The number of fused-ring (bicyclic) bond motifs is 2. The van der Waals surface area contributed by atoms with Gasteiger partial charge in [0.15, 0.2) is 11.6 Å². The number of rotatable bonds is 10. The number of nitrogens with zero attached hydrogens (tertiary/aromatic N) is 6. The van der Waals surface area contributed by atoms with Gasteiger partial charge in [0.2, 0.25) is 0 Å². The number of carbonyl (C=O) groups is 1. The molecule has 6 aromatic rings. The molecule has 59 heavy (non-hydrogen) atoms. The molecule has 0 radical (unpaired) electrons. The number of phenolic OH excluding ortho intramolecular Hbond substituents is 2. The molecule has 0 spiro atoms. The average molecular weight is 799 g/mol. The molecule has 13 heteroatoms. The highest BCUT2D eigenvalue weighted by Crippen LogP contribution is 2.35. The molecule has 2 aromatic heterocycles. The minimum atomic E-state index is -0.422. The Morgan fingerprint density at radius 1 is 0.729 bits per heavy atom. The van der Waals surface area contributed by atoms with E-state index >= 15 is 0 Å². The highest BCUT2D eigenvalue weighted by molar-refractivity contribution is 5.93. The summed E-state index contributed by atoms with van der Waals surface area (Å²) in [7, 11) is 1.57. The summed E-state index contributed by atoms with van der Waals surface area (Å²) >= 11 is 0. The van der Waals surface area contributed by atoms with Crippen LogP contribution in [0.2, 0.25) is 0 Å². The van der Waals surface area contributed by atoms with Crippen LogP contribution in [-0.4, -0.2) is 95.8 Å².